The molecule has 1 aromatic carbocycles. The van der Waals surface area contributed by atoms with E-state index in [9.17, 15) is 9.59 Å². The first kappa shape index (κ1) is 13.5. The van der Waals surface area contributed by atoms with Crippen LogP contribution in [0.2, 0.25) is 0 Å². The lowest BCUT2D eigenvalue weighted by Gasteiger charge is -2.18. The lowest BCUT2D eigenvalue weighted by molar-refractivity contribution is -0.130. The zero-order chi connectivity index (χ0) is 14.0. The summed E-state index contributed by atoms with van der Waals surface area (Å²) in [4.78, 5) is 25.2. The van der Waals surface area contributed by atoms with E-state index in [1.807, 2.05) is 12.1 Å². The van der Waals surface area contributed by atoms with Gasteiger partial charge in [0.2, 0.25) is 5.91 Å². The molecular weight excluding hydrogens is 242 g/mol. The Labute approximate surface area is 113 Å². The second-order valence-corrected chi connectivity index (χ2v) is 5.01. The van der Waals surface area contributed by atoms with E-state index < -0.39 is 6.04 Å². The number of benzene rings is 1. The molecule has 0 spiro atoms. The molecule has 1 heterocycles. The van der Waals surface area contributed by atoms with E-state index in [-0.39, 0.29) is 11.8 Å². The topological polar surface area (TPSA) is 61.4 Å². The number of hydrogen-bond donors (Lipinski definition) is 2. The Bertz CT molecular complexity index is 511. The van der Waals surface area contributed by atoms with Gasteiger partial charge in [-0.3, -0.25) is 9.59 Å². The molecule has 1 aromatic rings. The normalized spacial score (nSPS) is 14.7. The molecule has 1 unspecified atom stereocenters. The number of fused-ring (bicyclic) bond motifs is 1. The number of carbonyl (C=O) groups is 2. The summed E-state index contributed by atoms with van der Waals surface area (Å²) < 4.78 is 0. The fraction of sp³-hybridized carbons (Fsp3) is 0.429. The molecule has 0 saturated carbocycles. The maximum Gasteiger partial charge on any atom is 0.251 e. The monoisotopic (exact) mass is 261 g/mol. The van der Waals surface area contributed by atoms with Gasteiger partial charge in [-0.05, 0) is 30.2 Å². The average Bonchev–Trinajstić information content (AvgIpc) is 2.84. The van der Waals surface area contributed by atoms with Crippen molar-refractivity contribution >= 4 is 11.8 Å². The minimum Gasteiger partial charge on any atom is -0.347 e. The molecule has 19 heavy (non-hydrogen) atoms. The van der Waals surface area contributed by atoms with Crippen LogP contribution in [-0.4, -0.2) is 36.9 Å². The lowest BCUT2D eigenvalue weighted by Crippen LogP contribution is -2.44. The largest absolute Gasteiger partial charge is 0.347 e. The molecular formula is C14H19N3O2. The van der Waals surface area contributed by atoms with Crippen LogP contribution in [0.3, 0.4) is 0 Å². The Kier molecular flexibility index (Phi) is 3.85. The van der Waals surface area contributed by atoms with Gasteiger partial charge in [-0.2, -0.15) is 0 Å². The summed E-state index contributed by atoms with van der Waals surface area (Å²) >= 11 is 0. The number of rotatable bonds is 3. The molecule has 2 rings (SSSR count). The summed E-state index contributed by atoms with van der Waals surface area (Å²) in [7, 11) is 3.35. The fourth-order valence-electron chi connectivity index (χ4n) is 2.17. The van der Waals surface area contributed by atoms with Crippen LogP contribution < -0.4 is 10.6 Å². The van der Waals surface area contributed by atoms with Crippen molar-refractivity contribution in [3.8, 4) is 0 Å². The third-order valence-corrected chi connectivity index (χ3v) is 3.26. The Morgan fingerprint density at radius 3 is 2.63 bits per heavy atom. The van der Waals surface area contributed by atoms with Gasteiger partial charge in [-0.1, -0.05) is 6.07 Å². The molecule has 102 valence electrons. The Balaban J connectivity index is 2.06. The Morgan fingerprint density at radius 2 is 1.95 bits per heavy atom. The van der Waals surface area contributed by atoms with E-state index in [0.717, 1.165) is 18.7 Å². The van der Waals surface area contributed by atoms with E-state index in [1.165, 1.54) is 10.5 Å². The minimum atomic E-state index is -0.520. The van der Waals surface area contributed by atoms with Crippen LogP contribution in [-0.2, 0) is 17.9 Å². The average molecular weight is 261 g/mol. The molecule has 2 amide bonds. The van der Waals surface area contributed by atoms with Crippen molar-refractivity contribution in [2.75, 3.05) is 14.1 Å². The van der Waals surface area contributed by atoms with Crippen LogP contribution in [0, 0.1) is 0 Å². The van der Waals surface area contributed by atoms with Crippen molar-refractivity contribution in [2.45, 2.75) is 26.1 Å². The van der Waals surface area contributed by atoms with Gasteiger partial charge in [0.25, 0.3) is 5.91 Å². The lowest BCUT2D eigenvalue weighted by atomic mass is 10.1. The smallest absolute Gasteiger partial charge is 0.251 e. The highest BCUT2D eigenvalue weighted by Crippen LogP contribution is 2.17. The van der Waals surface area contributed by atoms with Crippen LogP contribution in [0.15, 0.2) is 18.2 Å². The van der Waals surface area contributed by atoms with Crippen LogP contribution in [0.4, 0.5) is 0 Å². The number of nitrogens with zero attached hydrogens (tertiary/aromatic N) is 1. The predicted octanol–water partition coefficient (Wildman–Crippen LogP) is 0.496. The third-order valence-electron chi connectivity index (χ3n) is 3.26. The van der Waals surface area contributed by atoms with E-state index in [4.69, 9.17) is 0 Å². The number of nitrogens with one attached hydrogen (secondary N) is 2. The standard InChI is InChI=1S/C14H19N3O2/c1-9(14(19)17(2)3)16-13(18)10-4-5-11-7-15-8-12(11)6-10/h4-6,9,15H,7-8H2,1-3H3,(H,16,18). The first-order valence-electron chi connectivity index (χ1n) is 6.33. The van der Waals surface area contributed by atoms with Crippen molar-refractivity contribution in [1.29, 1.82) is 0 Å². The predicted molar refractivity (Wildman–Crippen MR) is 72.6 cm³/mol. The van der Waals surface area contributed by atoms with Crippen LogP contribution in [0.25, 0.3) is 0 Å². The molecule has 1 aliphatic heterocycles. The molecule has 0 bridgehead atoms. The number of amides is 2. The van der Waals surface area contributed by atoms with E-state index >= 15 is 0 Å². The molecule has 0 aromatic heterocycles. The molecule has 2 N–H and O–H groups in total. The molecule has 0 aliphatic carbocycles. The molecule has 0 fully saturated rings. The summed E-state index contributed by atoms with van der Waals surface area (Å²) in [6.45, 7) is 3.34. The van der Waals surface area contributed by atoms with Crippen LogP contribution in [0.1, 0.15) is 28.4 Å². The van der Waals surface area contributed by atoms with Gasteiger partial charge < -0.3 is 15.5 Å². The highest BCUT2D eigenvalue weighted by atomic mass is 16.2. The SMILES string of the molecule is CC(NC(=O)c1ccc2c(c1)CNC2)C(=O)N(C)C. The van der Waals surface area contributed by atoms with Gasteiger partial charge in [0, 0.05) is 32.7 Å². The molecule has 0 radical (unpaired) electrons. The quantitative estimate of drug-likeness (QED) is 0.833. The summed E-state index contributed by atoms with van der Waals surface area (Å²) in [6, 6.07) is 5.13. The first-order valence-corrected chi connectivity index (χ1v) is 6.33. The second-order valence-electron chi connectivity index (χ2n) is 5.01. The van der Waals surface area contributed by atoms with Gasteiger partial charge in [0.1, 0.15) is 6.04 Å². The minimum absolute atomic E-state index is 0.115. The van der Waals surface area contributed by atoms with E-state index in [0.29, 0.717) is 5.56 Å². The van der Waals surface area contributed by atoms with E-state index in [2.05, 4.69) is 10.6 Å². The van der Waals surface area contributed by atoms with Crippen molar-refractivity contribution in [3.05, 3.63) is 34.9 Å². The summed E-state index contributed by atoms with van der Waals surface area (Å²) in [6.07, 6.45) is 0. The second kappa shape index (κ2) is 5.40. The third kappa shape index (κ3) is 2.93. The summed E-state index contributed by atoms with van der Waals surface area (Å²) in [5, 5.41) is 5.95. The summed E-state index contributed by atoms with van der Waals surface area (Å²) in [5.41, 5.74) is 2.98. The van der Waals surface area contributed by atoms with Gasteiger partial charge in [-0.25, -0.2) is 0 Å². The van der Waals surface area contributed by atoms with Crippen molar-refractivity contribution in [3.63, 3.8) is 0 Å². The molecule has 1 aliphatic rings. The van der Waals surface area contributed by atoms with Gasteiger partial charge >= 0.3 is 0 Å². The van der Waals surface area contributed by atoms with Crippen molar-refractivity contribution < 1.29 is 9.59 Å². The fourth-order valence-corrected chi connectivity index (χ4v) is 2.17. The van der Waals surface area contributed by atoms with Gasteiger partial charge in [0.15, 0.2) is 0 Å². The molecule has 1 atom stereocenters. The van der Waals surface area contributed by atoms with Crippen molar-refractivity contribution in [2.24, 2.45) is 0 Å². The van der Waals surface area contributed by atoms with Crippen molar-refractivity contribution in [1.82, 2.24) is 15.5 Å². The summed E-state index contributed by atoms with van der Waals surface area (Å²) in [5.74, 6) is -0.325. The zero-order valence-corrected chi connectivity index (χ0v) is 11.5. The Hall–Kier alpha value is -1.88. The maximum absolute atomic E-state index is 12.1. The Morgan fingerprint density at radius 1 is 1.26 bits per heavy atom. The first-order chi connectivity index (χ1) is 8.99. The highest BCUT2D eigenvalue weighted by molar-refractivity contribution is 5.97. The van der Waals surface area contributed by atoms with Gasteiger partial charge in [-0.15, -0.1) is 0 Å². The van der Waals surface area contributed by atoms with Crippen LogP contribution >= 0.6 is 0 Å². The molecule has 5 nitrogen and oxygen atoms in total. The number of carbonyl (C=O) groups excluding carboxylic acids is 2. The maximum atomic E-state index is 12.1. The number of hydrogen-bond acceptors (Lipinski definition) is 3. The molecule has 5 heteroatoms. The van der Waals surface area contributed by atoms with E-state index in [1.54, 1.807) is 27.1 Å². The molecule has 0 saturated heterocycles. The van der Waals surface area contributed by atoms with Crippen LogP contribution in [0.5, 0.6) is 0 Å². The zero-order valence-electron chi connectivity index (χ0n) is 11.5. The number of likely N-dealkylation sites (N-methyl/N-ethyl adjacent to an activating group) is 1. The van der Waals surface area contributed by atoms with Gasteiger partial charge in [0.05, 0.1) is 0 Å². The highest BCUT2D eigenvalue weighted by Gasteiger charge is 2.19.